The van der Waals surface area contributed by atoms with Gasteiger partial charge in [0.2, 0.25) is 5.91 Å². The number of methoxy groups -OCH3 is 1. The first-order valence-electron chi connectivity index (χ1n) is 7.23. The molecule has 0 aromatic heterocycles. The molecule has 0 fully saturated rings. The van der Waals surface area contributed by atoms with Crippen LogP contribution in [0.5, 0.6) is 5.75 Å². The quantitative estimate of drug-likeness (QED) is 0.869. The maximum atomic E-state index is 11.7. The Labute approximate surface area is 126 Å². The van der Waals surface area contributed by atoms with Crippen molar-refractivity contribution < 1.29 is 9.53 Å². The van der Waals surface area contributed by atoms with Crippen LogP contribution in [0.1, 0.15) is 30.9 Å². The van der Waals surface area contributed by atoms with Gasteiger partial charge in [0.15, 0.2) is 0 Å². The molecule has 110 valence electrons. The lowest BCUT2D eigenvalue weighted by Gasteiger charge is -2.12. The Balaban J connectivity index is 2.20. The molecule has 0 saturated carbocycles. The number of rotatable bonds is 6. The van der Waals surface area contributed by atoms with E-state index >= 15 is 0 Å². The highest BCUT2D eigenvalue weighted by Crippen LogP contribution is 2.25. The van der Waals surface area contributed by atoms with Gasteiger partial charge in [-0.15, -0.1) is 0 Å². The molecule has 3 nitrogen and oxygen atoms in total. The molecule has 3 heteroatoms. The average molecular weight is 283 g/mol. The summed E-state index contributed by atoms with van der Waals surface area (Å²) in [7, 11) is 1.67. The standard InChI is InChI=1S/C18H21NO2/c1-3-7-18(20)19-16-10-11-17(21-2)15(13-16)12-14-8-5-4-6-9-14/h4-6,8-11,13H,3,7,12H2,1-2H3,(H,19,20). The number of amides is 1. The highest BCUT2D eigenvalue weighted by Gasteiger charge is 2.07. The first-order chi connectivity index (χ1) is 10.2. The van der Waals surface area contributed by atoms with Crippen molar-refractivity contribution in [3.8, 4) is 5.75 Å². The van der Waals surface area contributed by atoms with Crippen molar-refractivity contribution in [1.29, 1.82) is 0 Å². The molecule has 0 unspecified atom stereocenters. The number of hydrogen-bond acceptors (Lipinski definition) is 2. The van der Waals surface area contributed by atoms with E-state index in [9.17, 15) is 4.79 Å². The summed E-state index contributed by atoms with van der Waals surface area (Å²) in [5, 5.41) is 2.93. The highest BCUT2D eigenvalue weighted by atomic mass is 16.5. The lowest BCUT2D eigenvalue weighted by atomic mass is 10.0. The van der Waals surface area contributed by atoms with Gasteiger partial charge in [0.1, 0.15) is 5.75 Å². The SMILES string of the molecule is CCCC(=O)Nc1ccc(OC)c(Cc2ccccc2)c1. The zero-order valence-electron chi connectivity index (χ0n) is 12.6. The number of anilines is 1. The van der Waals surface area contributed by atoms with Crippen molar-refractivity contribution in [2.45, 2.75) is 26.2 Å². The third-order valence-corrected chi connectivity index (χ3v) is 3.28. The van der Waals surface area contributed by atoms with Crippen molar-refractivity contribution >= 4 is 11.6 Å². The van der Waals surface area contributed by atoms with E-state index in [2.05, 4.69) is 17.4 Å². The molecule has 0 saturated heterocycles. The second-order valence-corrected chi connectivity index (χ2v) is 4.99. The zero-order chi connectivity index (χ0) is 15.1. The molecule has 0 aliphatic rings. The van der Waals surface area contributed by atoms with Crippen molar-refractivity contribution in [2.75, 3.05) is 12.4 Å². The van der Waals surface area contributed by atoms with Crippen LogP contribution in [-0.2, 0) is 11.2 Å². The third-order valence-electron chi connectivity index (χ3n) is 3.28. The summed E-state index contributed by atoms with van der Waals surface area (Å²) in [5.41, 5.74) is 3.10. The van der Waals surface area contributed by atoms with E-state index in [1.165, 1.54) is 5.56 Å². The van der Waals surface area contributed by atoms with E-state index in [1.54, 1.807) is 7.11 Å². The molecule has 2 rings (SSSR count). The lowest BCUT2D eigenvalue weighted by molar-refractivity contribution is -0.116. The second-order valence-electron chi connectivity index (χ2n) is 4.99. The molecular weight excluding hydrogens is 262 g/mol. The maximum Gasteiger partial charge on any atom is 0.224 e. The number of benzene rings is 2. The van der Waals surface area contributed by atoms with Crippen LogP contribution in [0.3, 0.4) is 0 Å². The molecule has 2 aromatic carbocycles. The molecule has 0 radical (unpaired) electrons. The second kappa shape index (κ2) is 7.48. The minimum atomic E-state index is 0.0494. The van der Waals surface area contributed by atoms with Gasteiger partial charge in [-0.3, -0.25) is 4.79 Å². The minimum absolute atomic E-state index is 0.0494. The van der Waals surface area contributed by atoms with Gasteiger partial charge in [0.05, 0.1) is 7.11 Å². The minimum Gasteiger partial charge on any atom is -0.496 e. The molecule has 0 bridgehead atoms. The first-order valence-corrected chi connectivity index (χ1v) is 7.23. The molecule has 21 heavy (non-hydrogen) atoms. The van der Waals surface area contributed by atoms with E-state index in [-0.39, 0.29) is 5.91 Å². The predicted octanol–water partition coefficient (Wildman–Crippen LogP) is 4.02. The van der Waals surface area contributed by atoms with Crippen LogP contribution >= 0.6 is 0 Å². The Kier molecular flexibility index (Phi) is 5.38. The predicted molar refractivity (Wildman–Crippen MR) is 85.8 cm³/mol. The third kappa shape index (κ3) is 4.35. The Morgan fingerprint density at radius 1 is 1.14 bits per heavy atom. The van der Waals surface area contributed by atoms with E-state index in [4.69, 9.17) is 4.74 Å². The topological polar surface area (TPSA) is 38.3 Å². The summed E-state index contributed by atoms with van der Waals surface area (Å²) >= 11 is 0. The Hall–Kier alpha value is -2.29. The number of carbonyl (C=O) groups excluding carboxylic acids is 1. The van der Waals surface area contributed by atoms with Crippen LogP contribution < -0.4 is 10.1 Å². The molecule has 0 aliphatic carbocycles. The Morgan fingerprint density at radius 3 is 2.57 bits per heavy atom. The highest BCUT2D eigenvalue weighted by molar-refractivity contribution is 5.90. The van der Waals surface area contributed by atoms with Crippen molar-refractivity contribution in [2.24, 2.45) is 0 Å². The molecule has 1 amide bonds. The van der Waals surface area contributed by atoms with Gasteiger partial charge in [-0.25, -0.2) is 0 Å². The summed E-state index contributed by atoms with van der Waals surface area (Å²) in [6, 6.07) is 16.0. The van der Waals surface area contributed by atoms with Crippen LogP contribution in [0.25, 0.3) is 0 Å². The summed E-state index contributed by atoms with van der Waals surface area (Å²) in [5.74, 6) is 0.890. The lowest BCUT2D eigenvalue weighted by Crippen LogP contribution is -2.11. The Morgan fingerprint density at radius 2 is 1.90 bits per heavy atom. The molecular formula is C18H21NO2. The molecule has 0 spiro atoms. The molecule has 0 heterocycles. The van der Waals surface area contributed by atoms with Crippen LogP contribution in [0, 0.1) is 0 Å². The van der Waals surface area contributed by atoms with Crippen LogP contribution in [0.4, 0.5) is 5.69 Å². The van der Waals surface area contributed by atoms with E-state index in [0.717, 1.165) is 29.8 Å². The van der Waals surface area contributed by atoms with Crippen molar-refractivity contribution in [1.82, 2.24) is 0 Å². The van der Waals surface area contributed by atoms with Gasteiger partial charge in [-0.2, -0.15) is 0 Å². The van der Waals surface area contributed by atoms with Crippen LogP contribution in [-0.4, -0.2) is 13.0 Å². The summed E-state index contributed by atoms with van der Waals surface area (Å²) in [4.78, 5) is 11.7. The largest absolute Gasteiger partial charge is 0.496 e. The summed E-state index contributed by atoms with van der Waals surface area (Å²) in [6.07, 6.45) is 2.17. The van der Waals surface area contributed by atoms with Crippen LogP contribution in [0.2, 0.25) is 0 Å². The molecule has 0 atom stereocenters. The smallest absolute Gasteiger partial charge is 0.224 e. The van der Waals surface area contributed by atoms with E-state index in [1.807, 2.05) is 43.3 Å². The average Bonchev–Trinajstić information content (AvgIpc) is 2.49. The van der Waals surface area contributed by atoms with Gasteiger partial charge >= 0.3 is 0 Å². The van der Waals surface area contributed by atoms with Gasteiger partial charge < -0.3 is 10.1 Å². The number of carbonyl (C=O) groups is 1. The number of nitrogens with one attached hydrogen (secondary N) is 1. The first kappa shape index (κ1) is 15.1. The molecule has 0 aliphatic heterocycles. The van der Waals surface area contributed by atoms with Crippen LogP contribution in [0.15, 0.2) is 48.5 Å². The van der Waals surface area contributed by atoms with Gasteiger partial charge in [0.25, 0.3) is 0 Å². The van der Waals surface area contributed by atoms with Crippen molar-refractivity contribution in [3.63, 3.8) is 0 Å². The zero-order valence-corrected chi connectivity index (χ0v) is 12.6. The van der Waals surface area contributed by atoms with E-state index in [0.29, 0.717) is 6.42 Å². The van der Waals surface area contributed by atoms with E-state index < -0.39 is 0 Å². The normalized spacial score (nSPS) is 10.2. The number of ether oxygens (including phenoxy) is 1. The fraction of sp³-hybridized carbons (Fsp3) is 0.278. The number of hydrogen-bond donors (Lipinski definition) is 1. The molecule has 2 aromatic rings. The fourth-order valence-corrected chi connectivity index (χ4v) is 2.26. The summed E-state index contributed by atoms with van der Waals surface area (Å²) < 4.78 is 5.41. The van der Waals surface area contributed by atoms with Gasteiger partial charge in [-0.1, -0.05) is 37.3 Å². The maximum absolute atomic E-state index is 11.7. The molecule has 1 N–H and O–H groups in total. The van der Waals surface area contributed by atoms with Crippen molar-refractivity contribution in [3.05, 3.63) is 59.7 Å². The fourth-order valence-electron chi connectivity index (χ4n) is 2.26. The summed E-state index contributed by atoms with van der Waals surface area (Å²) in [6.45, 7) is 1.99. The monoisotopic (exact) mass is 283 g/mol. The van der Waals surface area contributed by atoms with Gasteiger partial charge in [0, 0.05) is 24.1 Å². The Bertz CT molecular complexity index is 593. The van der Waals surface area contributed by atoms with Gasteiger partial charge in [-0.05, 0) is 30.2 Å².